The van der Waals surface area contributed by atoms with Gasteiger partial charge in [-0.05, 0) is 49.3 Å². The lowest BCUT2D eigenvalue weighted by Crippen LogP contribution is -2.69. The maximum absolute atomic E-state index is 7.94. The van der Waals surface area contributed by atoms with Crippen LogP contribution in [-0.4, -0.2) is 75.5 Å². The minimum absolute atomic E-state index is 0.636. The summed E-state index contributed by atoms with van der Waals surface area (Å²) in [5.74, 6) is -0.585. The van der Waals surface area contributed by atoms with Crippen LogP contribution < -0.4 is 4.90 Å². The Morgan fingerprint density at radius 1 is 0.791 bits per heavy atom. The Kier molecular flexibility index (Phi) is 6.75. The van der Waals surface area contributed by atoms with Gasteiger partial charge in [0.2, 0.25) is 11.5 Å². The maximum atomic E-state index is 7.94. The van der Waals surface area contributed by atoms with Crippen LogP contribution in [0, 0.1) is 0 Å². The van der Waals surface area contributed by atoms with Crippen molar-refractivity contribution in [2.45, 2.75) is 49.2 Å². The second kappa shape index (κ2) is 10.8. The monoisotopic (exact) mass is 613 g/mol. The van der Waals surface area contributed by atoms with E-state index in [9.17, 15) is 0 Å². The standard InChI is InChI=1S/C29H31N11OS2/c1-4-15-38(16-5-1)28(24-21-43-37-36-24)27(25-33-14-19-42-25,23-20-30-10-11-32-23)41-29(39-17-6-7-18-39,22-8-2-3-9-31-22)40(28)26-34-12-13-35-26/h2-3,8-14,19-21H,1,4-7,15-18H2,(H,34,35). The van der Waals surface area contributed by atoms with Crippen LogP contribution in [0.4, 0.5) is 5.95 Å². The number of nitrogens with zero attached hydrogens (tertiary/aromatic N) is 10. The van der Waals surface area contributed by atoms with Gasteiger partial charge in [0.15, 0.2) is 5.66 Å². The molecule has 0 aromatic carbocycles. The number of imidazole rings is 1. The molecule has 0 spiro atoms. The quantitative estimate of drug-likeness (QED) is 0.287. The zero-order valence-electron chi connectivity index (χ0n) is 23.5. The molecule has 3 atom stereocenters. The van der Waals surface area contributed by atoms with E-state index < -0.39 is 17.1 Å². The van der Waals surface area contributed by atoms with E-state index >= 15 is 0 Å². The Hall–Kier alpha value is -3.69. The van der Waals surface area contributed by atoms with Crippen molar-refractivity contribution in [2.75, 3.05) is 31.1 Å². The summed E-state index contributed by atoms with van der Waals surface area (Å²) in [6, 6.07) is 6.00. The van der Waals surface area contributed by atoms with Gasteiger partial charge in [0.1, 0.15) is 22.1 Å². The molecule has 3 saturated heterocycles. The van der Waals surface area contributed by atoms with Crippen LogP contribution in [0.2, 0.25) is 0 Å². The molecule has 8 rings (SSSR count). The number of likely N-dealkylation sites (tertiary alicyclic amines) is 2. The number of pyridine rings is 1. The third kappa shape index (κ3) is 3.80. The van der Waals surface area contributed by atoms with Crippen LogP contribution >= 0.6 is 22.9 Å². The number of nitrogens with one attached hydrogen (secondary N) is 1. The highest BCUT2D eigenvalue weighted by Crippen LogP contribution is 2.66. The highest BCUT2D eigenvalue weighted by Gasteiger charge is 2.79. The fraction of sp³-hybridized carbons (Fsp3) is 0.414. The number of ether oxygens (including phenoxy) is 1. The van der Waals surface area contributed by atoms with Crippen LogP contribution in [0.1, 0.15) is 54.2 Å². The van der Waals surface area contributed by atoms with Crippen molar-refractivity contribution in [3.8, 4) is 0 Å². The summed E-state index contributed by atoms with van der Waals surface area (Å²) in [5.41, 5.74) is -0.312. The van der Waals surface area contributed by atoms with Gasteiger partial charge in [0, 0.05) is 74.1 Å². The number of aromatic amines is 1. The molecule has 3 fully saturated rings. The zero-order valence-corrected chi connectivity index (χ0v) is 25.1. The fourth-order valence-corrected chi connectivity index (χ4v) is 8.58. The predicted octanol–water partition coefficient (Wildman–Crippen LogP) is 3.93. The second-order valence-electron chi connectivity index (χ2n) is 11.0. The molecule has 0 bridgehead atoms. The smallest absolute Gasteiger partial charge is 0.251 e. The summed E-state index contributed by atoms with van der Waals surface area (Å²) in [5, 5.41) is 9.65. The Labute approximate surface area is 257 Å². The van der Waals surface area contributed by atoms with Gasteiger partial charge in [0.05, 0.1) is 6.20 Å². The van der Waals surface area contributed by atoms with E-state index in [1.54, 1.807) is 36.1 Å². The average Bonchev–Trinajstić information content (AvgIpc) is 3.92. The SMILES string of the molecule is c1ccc(C2(N3CCCC3)OC(c3cnccn3)(c3nccs3)C(c3csnn3)(N3CCCCC3)N2c2ncc[nH]2)nc1. The highest BCUT2D eigenvalue weighted by atomic mass is 32.1. The van der Waals surface area contributed by atoms with Crippen molar-refractivity contribution >= 4 is 28.8 Å². The van der Waals surface area contributed by atoms with Crippen molar-refractivity contribution in [1.29, 1.82) is 0 Å². The van der Waals surface area contributed by atoms with E-state index in [-0.39, 0.29) is 0 Å². The van der Waals surface area contributed by atoms with Crippen LogP contribution in [-0.2, 0) is 21.8 Å². The van der Waals surface area contributed by atoms with E-state index in [2.05, 4.69) is 29.2 Å². The van der Waals surface area contributed by atoms with Crippen LogP contribution in [0.3, 0.4) is 0 Å². The van der Waals surface area contributed by atoms with Gasteiger partial charge < -0.3 is 9.72 Å². The van der Waals surface area contributed by atoms with E-state index in [1.807, 2.05) is 47.5 Å². The van der Waals surface area contributed by atoms with Gasteiger partial charge >= 0.3 is 0 Å². The van der Waals surface area contributed by atoms with Crippen molar-refractivity contribution < 1.29 is 4.74 Å². The largest absolute Gasteiger partial charge is 0.331 e. The van der Waals surface area contributed by atoms with Crippen molar-refractivity contribution in [3.63, 3.8) is 0 Å². The minimum atomic E-state index is -1.31. The summed E-state index contributed by atoms with van der Waals surface area (Å²) >= 11 is 2.87. The molecule has 220 valence electrons. The van der Waals surface area contributed by atoms with Crippen LogP contribution in [0.25, 0.3) is 0 Å². The molecule has 0 aliphatic carbocycles. The number of H-pyrrole nitrogens is 1. The third-order valence-corrected chi connectivity index (χ3v) is 10.2. The summed E-state index contributed by atoms with van der Waals surface area (Å²) in [6.45, 7) is 3.24. The number of anilines is 1. The lowest BCUT2D eigenvalue weighted by Gasteiger charge is -2.54. The Bertz CT molecular complexity index is 1610. The molecule has 0 amide bonds. The normalized spacial score (nSPS) is 28.5. The maximum Gasteiger partial charge on any atom is 0.251 e. The molecule has 8 heterocycles. The van der Waals surface area contributed by atoms with Gasteiger partial charge in [-0.2, -0.15) is 0 Å². The summed E-state index contributed by atoms with van der Waals surface area (Å²) in [7, 11) is 0. The van der Waals surface area contributed by atoms with Gasteiger partial charge in [-0.15, -0.1) is 16.4 Å². The summed E-state index contributed by atoms with van der Waals surface area (Å²) in [4.78, 5) is 35.2. The molecular weight excluding hydrogens is 583 g/mol. The van der Waals surface area contributed by atoms with E-state index in [0.717, 1.165) is 74.7 Å². The summed E-state index contributed by atoms with van der Waals surface area (Å²) in [6.07, 6.45) is 17.8. The fourth-order valence-electron chi connectivity index (χ4n) is 7.26. The molecule has 5 aromatic rings. The Morgan fingerprint density at radius 2 is 1.63 bits per heavy atom. The molecular formula is C29H31N11OS2. The summed E-state index contributed by atoms with van der Waals surface area (Å²) < 4.78 is 12.4. The van der Waals surface area contributed by atoms with Gasteiger partial charge in [-0.3, -0.25) is 29.7 Å². The first-order valence-corrected chi connectivity index (χ1v) is 16.4. The van der Waals surface area contributed by atoms with Crippen LogP contribution in [0.15, 0.2) is 72.3 Å². The lowest BCUT2D eigenvalue weighted by molar-refractivity contribution is -0.191. The number of thiazole rings is 1. The second-order valence-corrected chi connectivity index (χ2v) is 12.5. The number of rotatable bonds is 7. The van der Waals surface area contributed by atoms with Gasteiger partial charge in [0.25, 0.3) is 5.85 Å². The molecule has 3 aliphatic heterocycles. The van der Waals surface area contributed by atoms with Gasteiger partial charge in [-0.1, -0.05) is 17.0 Å². The molecule has 3 unspecified atom stereocenters. The topological polar surface area (TPSA) is 125 Å². The predicted molar refractivity (Wildman–Crippen MR) is 161 cm³/mol. The number of aromatic nitrogens is 8. The minimum Gasteiger partial charge on any atom is -0.331 e. The van der Waals surface area contributed by atoms with Crippen molar-refractivity contribution in [1.82, 2.24) is 49.3 Å². The average molecular weight is 614 g/mol. The molecule has 0 radical (unpaired) electrons. The number of hydrogen-bond acceptors (Lipinski definition) is 13. The number of piperidine rings is 1. The van der Waals surface area contributed by atoms with E-state index in [4.69, 9.17) is 29.8 Å². The first-order chi connectivity index (χ1) is 21.3. The molecule has 14 heteroatoms. The van der Waals surface area contributed by atoms with Crippen LogP contribution in [0.5, 0.6) is 0 Å². The third-order valence-electron chi connectivity index (χ3n) is 8.83. The molecule has 3 aliphatic rings. The Balaban J connectivity index is 1.58. The highest BCUT2D eigenvalue weighted by molar-refractivity contribution is 7.09. The van der Waals surface area contributed by atoms with E-state index in [1.165, 1.54) is 11.5 Å². The zero-order chi connectivity index (χ0) is 28.7. The first kappa shape index (κ1) is 26.9. The molecule has 43 heavy (non-hydrogen) atoms. The van der Waals surface area contributed by atoms with Crippen molar-refractivity contribution in [3.05, 3.63) is 94.4 Å². The molecule has 1 N–H and O–H groups in total. The molecule has 0 saturated carbocycles. The first-order valence-electron chi connectivity index (χ1n) is 14.7. The van der Waals surface area contributed by atoms with E-state index in [0.29, 0.717) is 11.6 Å². The number of hydrogen-bond donors (Lipinski definition) is 1. The molecule has 12 nitrogen and oxygen atoms in total. The lowest BCUT2D eigenvalue weighted by atomic mass is 9.79. The van der Waals surface area contributed by atoms with Gasteiger partial charge in [-0.25, -0.2) is 9.97 Å². The Morgan fingerprint density at radius 3 is 2.30 bits per heavy atom. The van der Waals surface area contributed by atoms with Crippen molar-refractivity contribution in [2.24, 2.45) is 0 Å². The molecule has 5 aromatic heterocycles.